The number of hydrogen-bond acceptors (Lipinski definition) is 3. The predicted molar refractivity (Wildman–Crippen MR) is 73.3 cm³/mol. The van der Waals surface area contributed by atoms with Gasteiger partial charge in [-0.15, -0.1) is 0 Å². The molecule has 1 aliphatic carbocycles. The molecular weight excluding hydrogens is 212 g/mol. The lowest BCUT2D eigenvalue weighted by molar-refractivity contribution is 0.0986. The summed E-state index contributed by atoms with van der Waals surface area (Å²) in [6.45, 7) is 6.42. The molecule has 102 valence electrons. The van der Waals surface area contributed by atoms with E-state index in [1.54, 1.807) is 0 Å². The molecule has 2 N–H and O–H groups in total. The van der Waals surface area contributed by atoms with Crippen molar-refractivity contribution in [3.8, 4) is 0 Å². The molecule has 1 saturated carbocycles. The third-order valence-electron chi connectivity index (χ3n) is 3.95. The third-order valence-corrected chi connectivity index (χ3v) is 3.95. The first-order chi connectivity index (χ1) is 8.11. The number of aliphatic hydroxyl groups excluding tert-OH is 1. The zero-order chi connectivity index (χ0) is 12.7. The van der Waals surface area contributed by atoms with Gasteiger partial charge in [-0.05, 0) is 39.8 Å². The molecule has 0 heterocycles. The van der Waals surface area contributed by atoms with E-state index in [1.165, 1.54) is 32.1 Å². The summed E-state index contributed by atoms with van der Waals surface area (Å²) in [5.74, 6) is 0. The first kappa shape index (κ1) is 14.9. The minimum absolute atomic E-state index is 0.151. The summed E-state index contributed by atoms with van der Waals surface area (Å²) in [4.78, 5) is 2.44. The highest BCUT2D eigenvalue weighted by molar-refractivity contribution is 4.87. The van der Waals surface area contributed by atoms with Crippen molar-refractivity contribution in [3.05, 3.63) is 0 Å². The number of likely N-dealkylation sites (N-methyl/N-ethyl adjacent to an activating group) is 1. The molecule has 1 atom stereocenters. The Labute approximate surface area is 107 Å². The van der Waals surface area contributed by atoms with Gasteiger partial charge < -0.3 is 15.3 Å². The van der Waals surface area contributed by atoms with E-state index >= 15 is 0 Å². The lowest BCUT2D eigenvalue weighted by atomic mass is 9.93. The van der Waals surface area contributed by atoms with Crippen LogP contribution < -0.4 is 5.32 Å². The van der Waals surface area contributed by atoms with Crippen LogP contribution >= 0.6 is 0 Å². The van der Waals surface area contributed by atoms with Gasteiger partial charge in [0.1, 0.15) is 0 Å². The fourth-order valence-corrected chi connectivity index (χ4v) is 2.79. The predicted octanol–water partition coefficient (Wildman–Crippen LogP) is 2.00. The second-order valence-electron chi connectivity index (χ2n) is 5.85. The minimum Gasteiger partial charge on any atom is -0.394 e. The van der Waals surface area contributed by atoms with Crippen LogP contribution in [-0.2, 0) is 0 Å². The van der Waals surface area contributed by atoms with E-state index in [-0.39, 0.29) is 12.1 Å². The topological polar surface area (TPSA) is 35.5 Å². The van der Waals surface area contributed by atoms with E-state index in [1.807, 2.05) is 0 Å². The Bertz CT molecular complexity index is 204. The average Bonchev–Trinajstić information content (AvgIpc) is 2.37. The lowest BCUT2D eigenvalue weighted by Crippen LogP contribution is -2.55. The molecule has 0 spiro atoms. The molecule has 0 aromatic carbocycles. The van der Waals surface area contributed by atoms with E-state index < -0.39 is 0 Å². The highest BCUT2D eigenvalue weighted by Gasteiger charge is 2.27. The van der Waals surface area contributed by atoms with Gasteiger partial charge in [0.25, 0.3) is 0 Å². The molecule has 0 aliphatic heterocycles. The minimum atomic E-state index is -0.151. The summed E-state index contributed by atoms with van der Waals surface area (Å²) >= 11 is 0. The van der Waals surface area contributed by atoms with Crippen molar-refractivity contribution in [2.24, 2.45) is 0 Å². The number of rotatable bonds is 7. The number of nitrogens with zero attached hydrogens (tertiary/aromatic N) is 1. The van der Waals surface area contributed by atoms with Crippen LogP contribution in [-0.4, -0.2) is 48.3 Å². The Kier molecular flexibility index (Phi) is 6.45. The van der Waals surface area contributed by atoms with Gasteiger partial charge in [0.15, 0.2) is 0 Å². The Hall–Kier alpha value is -0.120. The highest BCUT2D eigenvalue weighted by Crippen LogP contribution is 2.22. The van der Waals surface area contributed by atoms with E-state index in [0.29, 0.717) is 0 Å². The van der Waals surface area contributed by atoms with Crippen molar-refractivity contribution < 1.29 is 5.11 Å². The summed E-state index contributed by atoms with van der Waals surface area (Å²) in [5.41, 5.74) is -0.151. The Morgan fingerprint density at radius 1 is 1.29 bits per heavy atom. The number of aliphatic hydroxyl groups is 1. The fraction of sp³-hybridized carbons (Fsp3) is 1.00. The van der Waals surface area contributed by atoms with Crippen molar-refractivity contribution in [2.75, 3.05) is 26.7 Å². The first-order valence-corrected chi connectivity index (χ1v) is 7.17. The van der Waals surface area contributed by atoms with Crippen LogP contribution in [0.3, 0.4) is 0 Å². The average molecular weight is 242 g/mol. The molecule has 1 aliphatic rings. The zero-order valence-corrected chi connectivity index (χ0v) is 11.8. The maximum absolute atomic E-state index is 9.57. The fourth-order valence-electron chi connectivity index (χ4n) is 2.79. The van der Waals surface area contributed by atoms with Crippen LogP contribution in [0, 0.1) is 0 Å². The number of hydrogen-bond donors (Lipinski definition) is 2. The molecule has 0 radical (unpaired) electrons. The van der Waals surface area contributed by atoms with E-state index in [0.717, 1.165) is 25.6 Å². The molecule has 1 rings (SSSR count). The molecule has 3 nitrogen and oxygen atoms in total. The van der Waals surface area contributed by atoms with Crippen LogP contribution in [0.25, 0.3) is 0 Å². The second-order valence-corrected chi connectivity index (χ2v) is 5.85. The van der Waals surface area contributed by atoms with Crippen LogP contribution in [0.1, 0.15) is 52.4 Å². The Balaban J connectivity index is 2.42. The van der Waals surface area contributed by atoms with E-state index in [4.69, 9.17) is 0 Å². The summed E-state index contributed by atoms with van der Waals surface area (Å²) in [7, 11) is 2.21. The van der Waals surface area contributed by atoms with Crippen LogP contribution in [0.15, 0.2) is 0 Å². The van der Waals surface area contributed by atoms with Crippen molar-refractivity contribution in [1.29, 1.82) is 0 Å². The molecule has 1 unspecified atom stereocenters. The van der Waals surface area contributed by atoms with Gasteiger partial charge in [-0.2, -0.15) is 0 Å². The van der Waals surface area contributed by atoms with Gasteiger partial charge in [0.05, 0.1) is 12.1 Å². The molecule has 0 amide bonds. The zero-order valence-electron chi connectivity index (χ0n) is 11.8. The largest absolute Gasteiger partial charge is 0.394 e. The van der Waals surface area contributed by atoms with Gasteiger partial charge in [-0.1, -0.05) is 26.2 Å². The molecule has 0 saturated heterocycles. The first-order valence-electron chi connectivity index (χ1n) is 7.17. The van der Waals surface area contributed by atoms with Crippen LogP contribution in [0.2, 0.25) is 0 Å². The summed E-state index contributed by atoms with van der Waals surface area (Å²) in [6.07, 6.45) is 7.90. The Morgan fingerprint density at radius 2 is 1.94 bits per heavy atom. The second kappa shape index (κ2) is 7.34. The summed E-state index contributed by atoms with van der Waals surface area (Å²) in [6, 6.07) is 0.720. The smallest absolute Gasteiger partial charge is 0.0623 e. The summed E-state index contributed by atoms with van der Waals surface area (Å²) in [5, 5.41) is 13.0. The van der Waals surface area contributed by atoms with Crippen molar-refractivity contribution in [2.45, 2.75) is 64.0 Å². The third kappa shape index (κ3) is 4.94. The Morgan fingerprint density at radius 3 is 2.47 bits per heavy atom. The maximum atomic E-state index is 9.57. The molecule has 0 bridgehead atoms. The summed E-state index contributed by atoms with van der Waals surface area (Å²) < 4.78 is 0. The van der Waals surface area contributed by atoms with Crippen molar-refractivity contribution in [1.82, 2.24) is 10.2 Å². The normalized spacial score (nSPS) is 21.7. The van der Waals surface area contributed by atoms with Gasteiger partial charge in [0.2, 0.25) is 0 Å². The van der Waals surface area contributed by atoms with Crippen molar-refractivity contribution >= 4 is 0 Å². The standard InChI is InChI=1S/C14H30N2O/c1-4-10-15-14(2,12-17)11-16(3)13-8-6-5-7-9-13/h13,15,17H,4-12H2,1-3H3. The van der Waals surface area contributed by atoms with Crippen LogP contribution in [0.5, 0.6) is 0 Å². The maximum Gasteiger partial charge on any atom is 0.0623 e. The molecule has 3 heteroatoms. The van der Waals surface area contributed by atoms with Gasteiger partial charge in [-0.25, -0.2) is 0 Å². The van der Waals surface area contributed by atoms with E-state index in [9.17, 15) is 5.11 Å². The van der Waals surface area contributed by atoms with Gasteiger partial charge >= 0.3 is 0 Å². The molecule has 0 aromatic rings. The molecular formula is C14H30N2O. The quantitative estimate of drug-likeness (QED) is 0.717. The highest BCUT2D eigenvalue weighted by atomic mass is 16.3. The SMILES string of the molecule is CCCNC(C)(CO)CN(C)C1CCCCC1. The van der Waals surface area contributed by atoms with Gasteiger partial charge in [0, 0.05) is 12.6 Å². The lowest BCUT2D eigenvalue weighted by Gasteiger charge is -2.38. The molecule has 1 fully saturated rings. The van der Waals surface area contributed by atoms with E-state index in [2.05, 4.69) is 31.1 Å². The van der Waals surface area contributed by atoms with Gasteiger partial charge in [-0.3, -0.25) is 0 Å². The van der Waals surface area contributed by atoms with Crippen LogP contribution in [0.4, 0.5) is 0 Å². The molecule has 0 aromatic heterocycles. The van der Waals surface area contributed by atoms with Crippen molar-refractivity contribution in [3.63, 3.8) is 0 Å². The molecule has 17 heavy (non-hydrogen) atoms. The number of nitrogens with one attached hydrogen (secondary N) is 1. The monoisotopic (exact) mass is 242 g/mol.